The van der Waals surface area contributed by atoms with Gasteiger partial charge < -0.3 is 9.32 Å². The Balaban J connectivity index is 1.06. The Hall–Kier alpha value is -6.45. The minimum Gasteiger partial charge on any atom is -0.435 e. The van der Waals surface area contributed by atoms with Crippen LogP contribution in [0.25, 0.3) is 50.9 Å². The molecule has 1 atom stereocenters. The van der Waals surface area contributed by atoms with Crippen LogP contribution in [0, 0.1) is 0 Å². The Morgan fingerprint density at radius 3 is 2.08 bits per heavy atom. The van der Waals surface area contributed by atoms with E-state index >= 15 is 0 Å². The van der Waals surface area contributed by atoms with Crippen LogP contribution < -0.4 is 4.90 Å². The first-order chi connectivity index (χ1) is 26.0. The van der Waals surface area contributed by atoms with Crippen molar-refractivity contribution < 1.29 is 4.42 Å². The van der Waals surface area contributed by atoms with E-state index in [1.54, 1.807) is 0 Å². The Morgan fingerprint density at radius 2 is 1.26 bits per heavy atom. The zero-order valence-electron chi connectivity index (χ0n) is 29.8. The molecule has 0 spiro atoms. The van der Waals surface area contributed by atoms with Gasteiger partial charge in [-0.25, -0.2) is 4.98 Å². The summed E-state index contributed by atoms with van der Waals surface area (Å²) in [5.74, 6) is 0.871. The largest absolute Gasteiger partial charge is 0.435 e. The predicted molar refractivity (Wildman–Crippen MR) is 219 cm³/mol. The molecule has 0 aliphatic heterocycles. The summed E-state index contributed by atoms with van der Waals surface area (Å²) in [7, 11) is 0. The van der Waals surface area contributed by atoms with Gasteiger partial charge in [0.1, 0.15) is 5.52 Å². The molecule has 254 valence electrons. The van der Waals surface area contributed by atoms with Gasteiger partial charge in [-0.1, -0.05) is 135 Å². The molecular weight excluding hydrogens is 645 g/mol. The molecule has 0 saturated carbocycles. The summed E-state index contributed by atoms with van der Waals surface area (Å²) in [4.78, 5) is 7.24. The van der Waals surface area contributed by atoms with Gasteiger partial charge in [-0.05, 0) is 106 Å². The van der Waals surface area contributed by atoms with E-state index in [2.05, 4.69) is 164 Å². The highest BCUT2D eigenvalue weighted by atomic mass is 16.3. The molecule has 0 fully saturated rings. The van der Waals surface area contributed by atoms with E-state index in [1.807, 2.05) is 30.3 Å². The smallest absolute Gasteiger partial charge is 0.227 e. The first kappa shape index (κ1) is 31.3. The first-order valence-corrected chi connectivity index (χ1v) is 18.5. The van der Waals surface area contributed by atoms with Crippen molar-refractivity contribution in [2.24, 2.45) is 0 Å². The molecule has 0 N–H and O–H groups in total. The fraction of sp³-hybridized carbons (Fsp3) is 0.100. The van der Waals surface area contributed by atoms with E-state index in [9.17, 15) is 0 Å². The second-order valence-corrected chi connectivity index (χ2v) is 14.7. The number of nitrogens with zero attached hydrogens (tertiary/aromatic N) is 2. The van der Waals surface area contributed by atoms with Crippen molar-refractivity contribution >= 4 is 34.2 Å². The highest BCUT2D eigenvalue weighted by Crippen LogP contribution is 2.51. The summed E-state index contributed by atoms with van der Waals surface area (Å²) < 4.78 is 6.42. The predicted octanol–water partition coefficient (Wildman–Crippen LogP) is 13.5. The summed E-state index contributed by atoms with van der Waals surface area (Å²) in [5.41, 5.74) is 17.5. The van der Waals surface area contributed by atoms with Crippen LogP contribution in [-0.2, 0) is 5.41 Å². The summed E-state index contributed by atoms with van der Waals surface area (Å²) in [6.07, 6.45) is 5.41. The van der Waals surface area contributed by atoms with Gasteiger partial charge >= 0.3 is 0 Å². The number of fused-ring (bicyclic) bond motifs is 6. The lowest BCUT2D eigenvalue weighted by Gasteiger charge is -2.28. The lowest BCUT2D eigenvalue weighted by Crippen LogP contribution is -2.15. The van der Waals surface area contributed by atoms with E-state index in [0.29, 0.717) is 5.89 Å². The monoisotopic (exact) mass is 682 g/mol. The molecule has 1 unspecified atom stereocenters. The van der Waals surface area contributed by atoms with Crippen LogP contribution in [0.15, 0.2) is 174 Å². The Bertz CT molecular complexity index is 2670. The summed E-state index contributed by atoms with van der Waals surface area (Å²) in [5, 5.41) is 0. The Morgan fingerprint density at radius 1 is 0.585 bits per heavy atom. The van der Waals surface area contributed by atoms with Crippen molar-refractivity contribution in [1.82, 2.24) is 4.98 Å². The number of rotatable bonds is 6. The second kappa shape index (κ2) is 12.4. The average Bonchev–Trinajstić information content (AvgIpc) is 3.76. The van der Waals surface area contributed by atoms with Gasteiger partial charge in [0, 0.05) is 39.5 Å². The van der Waals surface area contributed by atoms with Crippen molar-refractivity contribution in [3.05, 3.63) is 198 Å². The third kappa shape index (κ3) is 5.23. The van der Waals surface area contributed by atoms with E-state index in [-0.39, 0.29) is 11.3 Å². The molecule has 10 rings (SSSR count). The number of hydrogen-bond donors (Lipinski definition) is 0. The van der Waals surface area contributed by atoms with Crippen LogP contribution in [0.1, 0.15) is 54.0 Å². The number of benzene rings is 7. The summed E-state index contributed by atoms with van der Waals surface area (Å²) in [6.45, 7) is 4.68. The third-order valence-electron chi connectivity index (χ3n) is 11.3. The van der Waals surface area contributed by atoms with Crippen molar-refractivity contribution in [3.8, 4) is 33.7 Å². The second-order valence-electron chi connectivity index (χ2n) is 14.7. The highest BCUT2D eigenvalue weighted by Gasteiger charge is 2.35. The average molecular weight is 683 g/mol. The van der Waals surface area contributed by atoms with Gasteiger partial charge in [0.2, 0.25) is 5.89 Å². The van der Waals surface area contributed by atoms with Crippen molar-refractivity contribution in [2.45, 2.75) is 31.6 Å². The highest BCUT2D eigenvalue weighted by molar-refractivity contribution is 5.89. The SMILES string of the molecule is CC1(C)c2ccccc2-c2cc(N(c3ccc(C4CC=Cc5c4ccc4nc(-c6ccccc6)oc54)cc3)c3cccc(-c4ccccc4)c3)ccc21. The fourth-order valence-electron chi connectivity index (χ4n) is 8.58. The van der Waals surface area contributed by atoms with Crippen LogP contribution in [0.4, 0.5) is 17.1 Å². The molecule has 2 aliphatic carbocycles. The molecule has 0 saturated heterocycles. The van der Waals surface area contributed by atoms with Crippen molar-refractivity contribution in [1.29, 1.82) is 0 Å². The zero-order valence-corrected chi connectivity index (χ0v) is 29.8. The van der Waals surface area contributed by atoms with Crippen LogP contribution in [0.5, 0.6) is 0 Å². The van der Waals surface area contributed by atoms with E-state index in [0.717, 1.165) is 45.7 Å². The fourth-order valence-corrected chi connectivity index (χ4v) is 8.58. The molecule has 0 radical (unpaired) electrons. The number of hydrogen-bond acceptors (Lipinski definition) is 3. The lowest BCUT2D eigenvalue weighted by molar-refractivity contribution is 0.617. The normalized spacial score (nSPS) is 15.2. The number of oxazole rings is 1. The van der Waals surface area contributed by atoms with E-state index < -0.39 is 0 Å². The molecule has 1 heterocycles. The molecule has 8 aromatic rings. The molecule has 3 heteroatoms. The summed E-state index contributed by atoms with van der Waals surface area (Å²) >= 11 is 0. The maximum absolute atomic E-state index is 6.42. The minimum absolute atomic E-state index is 0.0463. The van der Waals surface area contributed by atoms with Crippen LogP contribution in [-0.4, -0.2) is 4.98 Å². The maximum Gasteiger partial charge on any atom is 0.227 e. The van der Waals surface area contributed by atoms with Gasteiger partial charge in [0.25, 0.3) is 0 Å². The molecular formula is C50H38N2O. The minimum atomic E-state index is -0.0463. The number of aromatic nitrogens is 1. The zero-order chi connectivity index (χ0) is 35.5. The standard InChI is InChI=1S/C50H38N2O/c1-50(2)45-22-10-9-19-42(45)44-32-39(27-29-46(44)50)52(38-18-11-17-36(31-38)33-13-5-3-6-14-33)37-25-23-34(24-26-37)40-20-12-21-43-41(40)28-30-47-48(43)53-49(51-47)35-15-7-4-8-16-35/h3-19,21-32,40H,20H2,1-2H3. The third-order valence-corrected chi connectivity index (χ3v) is 11.3. The topological polar surface area (TPSA) is 29.3 Å². The maximum atomic E-state index is 6.42. The number of anilines is 3. The van der Waals surface area contributed by atoms with Gasteiger partial charge in [-0.3, -0.25) is 0 Å². The first-order valence-electron chi connectivity index (χ1n) is 18.5. The molecule has 2 aliphatic rings. The number of allylic oxidation sites excluding steroid dienone is 1. The van der Waals surface area contributed by atoms with Crippen LogP contribution >= 0.6 is 0 Å². The molecule has 53 heavy (non-hydrogen) atoms. The molecule has 7 aromatic carbocycles. The van der Waals surface area contributed by atoms with Gasteiger partial charge in [-0.15, -0.1) is 0 Å². The van der Waals surface area contributed by atoms with Crippen LogP contribution in [0.2, 0.25) is 0 Å². The Kier molecular flexibility index (Phi) is 7.29. The van der Waals surface area contributed by atoms with Crippen LogP contribution in [0.3, 0.4) is 0 Å². The van der Waals surface area contributed by atoms with Crippen molar-refractivity contribution in [2.75, 3.05) is 4.90 Å². The molecule has 1 aromatic heterocycles. The van der Waals surface area contributed by atoms with E-state index in [4.69, 9.17) is 9.40 Å². The van der Waals surface area contributed by atoms with Gasteiger partial charge in [0.05, 0.1) is 0 Å². The van der Waals surface area contributed by atoms with Crippen molar-refractivity contribution in [3.63, 3.8) is 0 Å². The lowest BCUT2D eigenvalue weighted by atomic mass is 9.82. The quantitative estimate of drug-likeness (QED) is 0.175. The molecule has 0 amide bonds. The van der Waals surface area contributed by atoms with Gasteiger partial charge in [0.15, 0.2) is 5.58 Å². The molecule has 0 bridgehead atoms. The summed E-state index contributed by atoms with van der Waals surface area (Å²) in [6, 6.07) is 59.1. The van der Waals surface area contributed by atoms with Gasteiger partial charge in [-0.2, -0.15) is 0 Å². The van der Waals surface area contributed by atoms with E-state index in [1.165, 1.54) is 44.5 Å². The Labute approximate surface area is 310 Å². The molecule has 3 nitrogen and oxygen atoms in total.